The molecule has 7 nitrogen and oxygen atoms in total. The predicted molar refractivity (Wildman–Crippen MR) is 75.0 cm³/mol. The smallest absolute Gasteiger partial charge is 0.317 e. The Kier molecular flexibility index (Phi) is 4.30. The third-order valence-electron chi connectivity index (χ3n) is 3.75. The average molecular weight is 293 g/mol. The van der Waals surface area contributed by atoms with Gasteiger partial charge in [0.1, 0.15) is 11.4 Å². The van der Waals surface area contributed by atoms with Gasteiger partial charge in [-0.2, -0.15) is 0 Å². The molecule has 2 N–H and O–H groups in total. The van der Waals surface area contributed by atoms with E-state index in [-0.39, 0.29) is 19.1 Å². The summed E-state index contributed by atoms with van der Waals surface area (Å²) >= 11 is 0. The second-order valence-corrected chi connectivity index (χ2v) is 5.35. The van der Waals surface area contributed by atoms with Crippen LogP contribution in [-0.2, 0) is 11.3 Å². The number of aliphatic carboxylic acids is 1. The predicted octanol–water partition coefficient (Wildman–Crippen LogP) is 1.10. The molecule has 0 aliphatic carbocycles. The first-order valence-corrected chi connectivity index (χ1v) is 6.70. The van der Waals surface area contributed by atoms with Gasteiger partial charge in [0.25, 0.3) is 0 Å². The lowest BCUT2D eigenvalue weighted by atomic mass is 9.90. The molecule has 1 saturated heterocycles. The quantitative estimate of drug-likeness (QED) is 0.867. The molecule has 7 heteroatoms. The lowest BCUT2D eigenvalue weighted by Gasteiger charge is -2.20. The highest BCUT2D eigenvalue weighted by molar-refractivity contribution is 5.79. The van der Waals surface area contributed by atoms with Gasteiger partial charge in [0, 0.05) is 19.3 Å². The molecule has 21 heavy (non-hydrogen) atoms. The van der Waals surface area contributed by atoms with Crippen LogP contribution < -0.4 is 10.1 Å². The van der Waals surface area contributed by atoms with E-state index in [1.165, 1.54) is 4.90 Å². The van der Waals surface area contributed by atoms with Crippen molar-refractivity contribution in [3.05, 3.63) is 24.0 Å². The summed E-state index contributed by atoms with van der Waals surface area (Å²) in [6.45, 7) is 2.55. The summed E-state index contributed by atoms with van der Waals surface area (Å²) in [5, 5.41) is 11.9. The lowest BCUT2D eigenvalue weighted by molar-refractivity contribution is -0.146. The van der Waals surface area contributed by atoms with Crippen LogP contribution in [-0.4, -0.2) is 47.2 Å². The van der Waals surface area contributed by atoms with Gasteiger partial charge in [-0.25, -0.2) is 4.79 Å². The minimum atomic E-state index is -0.871. The molecule has 2 amide bonds. The fraction of sp³-hybridized carbons (Fsp3) is 0.500. The van der Waals surface area contributed by atoms with E-state index in [9.17, 15) is 9.59 Å². The summed E-state index contributed by atoms with van der Waals surface area (Å²) < 4.78 is 5.16. The molecule has 2 heterocycles. The van der Waals surface area contributed by atoms with Crippen molar-refractivity contribution in [3.63, 3.8) is 0 Å². The molecular weight excluding hydrogens is 274 g/mol. The van der Waals surface area contributed by atoms with Crippen molar-refractivity contribution in [2.24, 2.45) is 5.41 Å². The van der Waals surface area contributed by atoms with E-state index < -0.39 is 11.4 Å². The van der Waals surface area contributed by atoms with Crippen molar-refractivity contribution in [1.82, 2.24) is 15.2 Å². The van der Waals surface area contributed by atoms with Crippen LogP contribution in [0.15, 0.2) is 18.3 Å². The standard InChI is InChI=1S/C14H19N3O4/c1-14(12(18)19)5-7-17(9-14)13(20)16-8-10-11(21-2)4-3-6-15-10/h3-4,6H,5,7-9H2,1-2H3,(H,16,20)(H,18,19). The van der Waals surface area contributed by atoms with E-state index >= 15 is 0 Å². The summed E-state index contributed by atoms with van der Waals surface area (Å²) in [5.41, 5.74) is -0.228. The maximum atomic E-state index is 12.1. The Bertz CT molecular complexity index is 549. The Hall–Kier alpha value is -2.31. The Balaban J connectivity index is 1.93. The normalized spacial score (nSPS) is 21.1. The summed E-state index contributed by atoms with van der Waals surface area (Å²) in [6, 6.07) is 3.24. The van der Waals surface area contributed by atoms with E-state index in [0.29, 0.717) is 24.4 Å². The number of nitrogens with one attached hydrogen (secondary N) is 1. The molecule has 114 valence electrons. The van der Waals surface area contributed by atoms with Gasteiger partial charge in [-0.3, -0.25) is 9.78 Å². The number of rotatable bonds is 4. The lowest BCUT2D eigenvalue weighted by Crippen LogP contribution is -2.40. The molecular formula is C14H19N3O4. The molecule has 2 rings (SSSR count). The number of likely N-dealkylation sites (tertiary alicyclic amines) is 1. The molecule has 1 aromatic rings. The highest BCUT2D eigenvalue weighted by atomic mass is 16.5. The number of urea groups is 1. The van der Waals surface area contributed by atoms with Gasteiger partial charge in [-0.05, 0) is 25.5 Å². The van der Waals surface area contributed by atoms with Crippen molar-refractivity contribution in [1.29, 1.82) is 0 Å². The summed E-state index contributed by atoms with van der Waals surface area (Å²) in [6.07, 6.45) is 2.09. The molecule has 0 aromatic carbocycles. The van der Waals surface area contributed by atoms with Crippen molar-refractivity contribution in [3.8, 4) is 5.75 Å². The fourth-order valence-electron chi connectivity index (χ4n) is 2.32. The van der Waals surface area contributed by atoms with Crippen LogP contribution in [0, 0.1) is 5.41 Å². The monoisotopic (exact) mass is 293 g/mol. The highest BCUT2D eigenvalue weighted by Crippen LogP contribution is 2.30. The Labute approximate surface area is 122 Å². The first-order chi connectivity index (χ1) is 9.96. The van der Waals surface area contributed by atoms with Gasteiger partial charge in [-0.15, -0.1) is 0 Å². The van der Waals surface area contributed by atoms with E-state index in [1.54, 1.807) is 32.4 Å². The summed E-state index contributed by atoms with van der Waals surface area (Å²) in [7, 11) is 1.54. The Morgan fingerprint density at radius 1 is 1.57 bits per heavy atom. The fourth-order valence-corrected chi connectivity index (χ4v) is 2.32. The minimum Gasteiger partial charge on any atom is -0.495 e. The zero-order valence-electron chi connectivity index (χ0n) is 12.1. The SMILES string of the molecule is COc1cccnc1CNC(=O)N1CCC(C)(C(=O)O)C1. The molecule has 1 atom stereocenters. The van der Waals surface area contributed by atoms with Crippen LogP contribution in [0.1, 0.15) is 19.0 Å². The van der Waals surface area contributed by atoms with Crippen molar-refractivity contribution in [2.45, 2.75) is 19.9 Å². The second-order valence-electron chi connectivity index (χ2n) is 5.35. The summed E-state index contributed by atoms with van der Waals surface area (Å²) in [5.74, 6) is -0.265. The van der Waals surface area contributed by atoms with Gasteiger partial charge in [0.15, 0.2) is 0 Å². The van der Waals surface area contributed by atoms with Crippen molar-refractivity contribution >= 4 is 12.0 Å². The molecule has 1 fully saturated rings. The summed E-state index contributed by atoms with van der Waals surface area (Å²) in [4.78, 5) is 28.9. The van der Waals surface area contributed by atoms with Crippen LogP contribution in [0.2, 0.25) is 0 Å². The number of methoxy groups -OCH3 is 1. The first-order valence-electron chi connectivity index (χ1n) is 6.70. The first kappa shape index (κ1) is 15.1. The largest absolute Gasteiger partial charge is 0.495 e. The zero-order valence-corrected chi connectivity index (χ0v) is 12.1. The molecule has 0 saturated carbocycles. The van der Waals surface area contributed by atoms with Gasteiger partial charge < -0.3 is 20.1 Å². The topological polar surface area (TPSA) is 91.8 Å². The third-order valence-corrected chi connectivity index (χ3v) is 3.75. The Morgan fingerprint density at radius 3 is 2.95 bits per heavy atom. The van der Waals surface area contributed by atoms with Crippen LogP contribution in [0.25, 0.3) is 0 Å². The number of carbonyl (C=O) groups is 2. The molecule has 1 aromatic heterocycles. The second kappa shape index (κ2) is 5.99. The minimum absolute atomic E-state index is 0.216. The number of aromatic nitrogens is 1. The number of amides is 2. The number of pyridine rings is 1. The maximum absolute atomic E-state index is 12.1. The zero-order chi connectivity index (χ0) is 15.5. The van der Waals surface area contributed by atoms with Crippen LogP contribution in [0.4, 0.5) is 4.79 Å². The molecule has 0 spiro atoms. The molecule has 1 aliphatic heterocycles. The number of nitrogens with zero attached hydrogens (tertiary/aromatic N) is 2. The third kappa shape index (κ3) is 3.24. The van der Waals surface area contributed by atoms with Gasteiger partial charge in [0.2, 0.25) is 0 Å². The molecule has 0 radical (unpaired) electrons. The molecule has 1 aliphatic rings. The van der Waals surface area contributed by atoms with E-state index in [4.69, 9.17) is 9.84 Å². The van der Waals surface area contributed by atoms with Crippen LogP contribution >= 0.6 is 0 Å². The van der Waals surface area contributed by atoms with Crippen molar-refractivity contribution in [2.75, 3.05) is 20.2 Å². The van der Waals surface area contributed by atoms with Gasteiger partial charge in [0.05, 0.1) is 19.1 Å². The Morgan fingerprint density at radius 2 is 2.33 bits per heavy atom. The van der Waals surface area contributed by atoms with E-state index in [2.05, 4.69) is 10.3 Å². The number of carboxylic acid groups (broad SMARTS) is 1. The van der Waals surface area contributed by atoms with Crippen molar-refractivity contribution < 1.29 is 19.4 Å². The molecule has 0 bridgehead atoms. The highest BCUT2D eigenvalue weighted by Gasteiger charge is 2.42. The maximum Gasteiger partial charge on any atom is 0.317 e. The number of carboxylic acids is 1. The number of carbonyl (C=O) groups excluding carboxylic acids is 1. The van der Waals surface area contributed by atoms with Gasteiger partial charge >= 0.3 is 12.0 Å². The van der Waals surface area contributed by atoms with Crippen LogP contribution in [0.3, 0.4) is 0 Å². The van der Waals surface area contributed by atoms with E-state index in [0.717, 1.165) is 0 Å². The number of hydrogen-bond donors (Lipinski definition) is 2. The number of ether oxygens (including phenoxy) is 1. The molecule has 1 unspecified atom stereocenters. The van der Waals surface area contributed by atoms with Gasteiger partial charge in [-0.1, -0.05) is 0 Å². The van der Waals surface area contributed by atoms with E-state index in [1.807, 2.05) is 0 Å². The number of hydrogen-bond acceptors (Lipinski definition) is 4. The van der Waals surface area contributed by atoms with Crippen LogP contribution in [0.5, 0.6) is 5.75 Å². The average Bonchev–Trinajstić information content (AvgIpc) is 2.89.